The summed E-state index contributed by atoms with van der Waals surface area (Å²) in [4.78, 5) is 17.9. The summed E-state index contributed by atoms with van der Waals surface area (Å²) in [6, 6.07) is 15.9. The van der Waals surface area contributed by atoms with Crippen LogP contribution >= 0.6 is 0 Å². The molecule has 0 spiro atoms. The molecule has 0 N–H and O–H groups in total. The Labute approximate surface area is 172 Å². The highest BCUT2D eigenvalue weighted by Crippen LogP contribution is 2.48. The van der Waals surface area contributed by atoms with E-state index >= 15 is 0 Å². The van der Waals surface area contributed by atoms with E-state index in [-0.39, 0.29) is 17.6 Å². The number of aryl methyl sites for hydroxylation is 1. The quantitative estimate of drug-likeness (QED) is 0.603. The largest absolute Gasteiger partial charge is 0.299 e. The maximum atomic E-state index is 14.3. The number of nitrogens with zero attached hydrogens (tertiary/aromatic N) is 1. The van der Waals surface area contributed by atoms with Crippen LogP contribution in [0.4, 0.5) is 4.39 Å². The summed E-state index contributed by atoms with van der Waals surface area (Å²) in [7, 11) is 0. The Hall–Kier alpha value is -2.55. The van der Waals surface area contributed by atoms with Crippen LogP contribution in [0.15, 0.2) is 65.2 Å². The summed E-state index contributed by atoms with van der Waals surface area (Å²) < 4.78 is 14.3. The van der Waals surface area contributed by atoms with Gasteiger partial charge in [-0.05, 0) is 80.7 Å². The SMILES string of the molecule is CC(=O)[C@@]1(c2cccc(F)c2C)CCC2=NC(CCCc3ccccc3)CC=C21. The maximum Gasteiger partial charge on any atom is 0.144 e. The molecule has 1 aliphatic heterocycles. The van der Waals surface area contributed by atoms with Gasteiger partial charge < -0.3 is 0 Å². The van der Waals surface area contributed by atoms with Gasteiger partial charge in [0.1, 0.15) is 11.6 Å². The van der Waals surface area contributed by atoms with Gasteiger partial charge in [0.25, 0.3) is 0 Å². The molecule has 0 bridgehead atoms. The smallest absolute Gasteiger partial charge is 0.144 e. The number of benzene rings is 2. The van der Waals surface area contributed by atoms with Gasteiger partial charge in [-0.3, -0.25) is 9.79 Å². The Morgan fingerprint density at radius 2 is 1.97 bits per heavy atom. The molecular weight excluding hydrogens is 361 g/mol. The molecule has 1 fully saturated rings. The first-order valence-electron chi connectivity index (χ1n) is 10.6. The zero-order chi connectivity index (χ0) is 20.4. The number of hydrogen-bond acceptors (Lipinski definition) is 2. The number of hydrogen-bond donors (Lipinski definition) is 0. The second kappa shape index (κ2) is 8.06. The summed E-state index contributed by atoms with van der Waals surface area (Å²) in [6.07, 6.45) is 7.78. The third-order valence-corrected chi connectivity index (χ3v) is 6.61. The van der Waals surface area contributed by atoms with E-state index in [1.165, 1.54) is 11.6 Å². The summed E-state index contributed by atoms with van der Waals surface area (Å²) >= 11 is 0. The summed E-state index contributed by atoms with van der Waals surface area (Å²) in [5, 5.41) is 0. The Kier molecular flexibility index (Phi) is 5.49. The molecule has 1 heterocycles. The van der Waals surface area contributed by atoms with Gasteiger partial charge in [0, 0.05) is 5.71 Å². The minimum absolute atomic E-state index is 0.0881. The van der Waals surface area contributed by atoms with E-state index in [1.807, 2.05) is 12.1 Å². The number of allylic oxidation sites excluding steroid dienone is 1. The minimum Gasteiger partial charge on any atom is -0.299 e. The molecule has 29 heavy (non-hydrogen) atoms. The molecule has 1 saturated carbocycles. The molecule has 2 atom stereocenters. The number of ketones is 1. The molecule has 150 valence electrons. The maximum absolute atomic E-state index is 14.3. The van der Waals surface area contributed by atoms with E-state index in [1.54, 1.807) is 19.9 Å². The van der Waals surface area contributed by atoms with Crippen molar-refractivity contribution in [3.8, 4) is 0 Å². The van der Waals surface area contributed by atoms with Gasteiger partial charge in [0.05, 0.1) is 11.5 Å². The number of rotatable bonds is 6. The van der Waals surface area contributed by atoms with Gasteiger partial charge >= 0.3 is 0 Å². The van der Waals surface area contributed by atoms with Crippen LogP contribution in [-0.2, 0) is 16.6 Å². The van der Waals surface area contributed by atoms with Crippen LogP contribution in [0.1, 0.15) is 55.7 Å². The molecule has 1 aliphatic carbocycles. The molecule has 0 amide bonds. The summed E-state index contributed by atoms with van der Waals surface area (Å²) in [6.45, 7) is 3.42. The first kappa shape index (κ1) is 19.8. The van der Waals surface area contributed by atoms with Crippen molar-refractivity contribution in [1.29, 1.82) is 0 Å². The van der Waals surface area contributed by atoms with Crippen molar-refractivity contribution in [3.05, 3.63) is 82.7 Å². The standard InChI is InChI=1S/C26H28FNO/c1-18-22(12-7-13-24(18)27)26(19(2)29)17-16-25-23(26)15-14-21(28-25)11-6-10-20-8-4-3-5-9-20/h3-5,7-9,12-13,15,21H,6,10-11,14,16-17H2,1-2H3/t21?,26-/m1/s1. The molecule has 2 nitrogen and oxygen atoms in total. The fraction of sp³-hybridized carbons (Fsp3) is 0.385. The van der Waals surface area contributed by atoms with Crippen molar-refractivity contribution in [1.82, 2.24) is 0 Å². The second-order valence-corrected chi connectivity index (χ2v) is 8.33. The van der Waals surface area contributed by atoms with Gasteiger partial charge in [0.15, 0.2) is 0 Å². The number of aliphatic imine (C=N–C) groups is 1. The van der Waals surface area contributed by atoms with Crippen LogP contribution in [0.3, 0.4) is 0 Å². The first-order chi connectivity index (χ1) is 14.0. The Morgan fingerprint density at radius 1 is 1.17 bits per heavy atom. The molecule has 0 saturated heterocycles. The number of carbonyl (C=O) groups is 1. The van der Waals surface area contributed by atoms with E-state index in [0.717, 1.165) is 49.0 Å². The third kappa shape index (κ3) is 3.59. The van der Waals surface area contributed by atoms with Crippen molar-refractivity contribution in [2.45, 2.75) is 63.8 Å². The summed E-state index contributed by atoms with van der Waals surface area (Å²) in [5.74, 6) is -0.158. The monoisotopic (exact) mass is 389 g/mol. The highest BCUT2D eigenvalue weighted by atomic mass is 19.1. The van der Waals surface area contributed by atoms with E-state index in [9.17, 15) is 9.18 Å². The number of halogens is 1. The normalized spacial score (nSPS) is 23.3. The number of Topliss-reactive ketones (excluding diaryl/α,β-unsaturated/α-hetero) is 1. The zero-order valence-electron chi connectivity index (χ0n) is 17.2. The predicted molar refractivity (Wildman–Crippen MR) is 116 cm³/mol. The molecule has 0 radical (unpaired) electrons. The predicted octanol–water partition coefficient (Wildman–Crippen LogP) is 5.92. The molecule has 2 aromatic carbocycles. The minimum atomic E-state index is -0.736. The van der Waals surface area contributed by atoms with Gasteiger partial charge in [-0.1, -0.05) is 48.5 Å². The lowest BCUT2D eigenvalue weighted by atomic mass is 9.70. The van der Waals surface area contributed by atoms with Gasteiger partial charge in [0.2, 0.25) is 0 Å². The topological polar surface area (TPSA) is 29.4 Å². The van der Waals surface area contributed by atoms with Crippen LogP contribution in [0.25, 0.3) is 0 Å². The molecular formula is C26H28FNO. The summed E-state index contributed by atoms with van der Waals surface area (Å²) in [5.41, 5.74) is 4.10. The highest BCUT2D eigenvalue weighted by Gasteiger charge is 2.49. The van der Waals surface area contributed by atoms with Gasteiger partial charge in [-0.15, -0.1) is 0 Å². The molecule has 3 heteroatoms. The van der Waals surface area contributed by atoms with E-state index in [2.05, 4.69) is 30.3 Å². The lowest BCUT2D eigenvalue weighted by molar-refractivity contribution is -0.121. The first-order valence-corrected chi connectivity index (χ1v) is 10.6. The van der Waals surface area contributed by atoms with Crippen molar-refractivity contribution < 1.29 is 9.18 Å². The number of dihydropyridines is 1. The fourth-order valence-electron chi connectivity index (χ4n) is 5.05. The van der Waals surface area contributed by atoms with Crippen LogP contribution in [0, 0.1) is 12.7 Å². The fourth-order valence-corrected chi connectivity index (χ4v) is 5.05. The van der Waals surface area contributed by atoms with Crippen molar-refractivity contribution >= 4 is 11.5 Å². The zero-order valence-corrected chi connectivity index (χ0v) is 17.2. The molecule has 0 aromatic heterocycles. The van der Waals surface area contributed by atoms with Gasteiger partial charge in [-0.25, -0.2) is 4.39 Å². The van der Waals surface area contributed by atoms with Crippen molar-refractivity contribution in [2.75, 3.05) is 0 Å². The molecule has 4 rings (SSSR count). The van der Waals surface area contributed by atoms with Crippen LogP contribution in [-0.4, -0.2) is 17.5 Å². The number of fused-ring (bicyclic) bond motifs is 1. The average molecular weight is 390 g/mol. The molecule has 2 aromatic rings. The van der Waals surface area contributed by atoms with E-state index < -0.39 is 5.41 Å². The van der Waals surface area contributed by atoms with Crippen molar-refractivity contribution in [2.24, 2.45) is 4.99 Å². The Balaban J connectivity index is 1.53. The van der Waals surface area contributed by atoms with Crippen LogP contribution in [0.5, 0.6) is 0 Å². The van der Waals surface area contributed by atoms with Crippen molar-refractivity contribution in [3.63, 3.8) is 0 Å². The van der Waals surface area contributed by atoms with E-state index in [4.69, 9.17) is 4.99 Å². The van der Waals surface area contributed by atoms with Crippen LogP contribution < -0.4 is 0 Å². The molecule has 1 unspecified atom stereocenters. The third-order valence-electron chi connectivity index (χ3n) is 6.61. The number of carbonyl (C=O) groups excluding carboxylic acids is 1. The van der Waals surface area contributed by atoms with Gasteiger partial charge in [-0.2, -0.15) is 0 Å². The average Bonchev–Trinajstić information content (AvgIpc) is 3.11. The highest BCUT2D eigenvalue weighted by molar-refractivity contribution is 6.13. The van der Waals surface area contributed by atoms with Crippen LogP contribution in [0.2, 0.25) is 0 Å². The van der Waals surface area contributed by atoms with E-state index in [0.29, 0.717) is 12.0 Å². The molecule has 2 aliphatic rings. The Morgan fingerprint density at radius 3 is 2.72 bits per heavy atom. The lowest BCUT2D eigenvalue weighted by Crippen LogP contribution is -2.36. The Bertz CT molecular complexity index is 975. The lowest BCUT2D eigenvalue weighted by Gasteiger charge is -2.32. The second-order valence-electron chi connectivity index (χ2n) is 8.33.